The number of hydrogen-bond donors (Lipinski definition) is 1. The van der Waals surface area contributed by atoms with Gasteiger partial charge in [0.15, 0.2) is 0 Å². The van der Waals surface area contributed by atoms with Gasteiger partial charge in [0.25, 0.3) is 0 Å². The highest BCUT2D eigenvalue weighted by atomic mass is 35.5. The summed E-state index contributed by atoms with van der Waals surface area (Å²) in [6.07, 6.45) is -1.03. The molecule has 0 radical (unpaired) electrons. The summed E-state index contributed by atoms with van der Waals surface area (Å²) in [5, 5.41) is 12.8. The van der Waals surface area contributed by atoms with Crippen LogP contribution in [0.5, 0.6) is 0 Å². The van der Waals surface area contributed by atoms with Crippen molar-refractivity contribution in [2.75, 3.05) is 0 Å². The van der Waals surface area contributed by atoms with Gasteiger partial charge < -0.3 is 5.11 Å². The maximum atomic E-state index is 13.8. The Morgan fingerprint density at radius 3 is 2.45 bits per heavy atom. The molecule has 1 unspecified atom stereocenters. The zero-order chi connectivity index (χ0) is 14.1. The quantitative estimate of drug-likeness (QED) is 0.723. The van der Waals surface area contributed by atoms with E-state index in [-0.39, 0.29) is 5.56 Å². The summed E-state index contributed by atoms with van der Waals surface area (Å²) < 4.78 is 13.8. The summed E-state index contributed by atoms with van der Waals surface area (Å²) >= 11 is 5.87. The second kappa shape index (κ2) is 5.23. The lowest BCUT2D eigenvalue weighted by Gasteiger charge is -2.13. The molecule has 1 N–H and O–H groups in total. The average Bonchev–Trinajstić information content (AvgIpc) is 2.48. The molecule has 0 aromatic heterocycles. The van der Waals surface area contributed by atoms with Crippen LogP contribution in [0.3, 0.4) is 0 Å². The number of aliphatic hydroxyl groups excluding tert-OH is 1. The molecule has 1 atom stereocenters. The van der Waals surface area contributed by atoms with Crippen molar-refractivity contribution in [3.63, 3.8) is 0 Å². The molecule has 100 valence electrons. The smallest absolute Gasteiger partial charge is 0.129 e. The number of halogens is 2. The summed E-state index contributed by atoms with van der Waals surface area (Å²) in [4.78, 5) is 0. The Hall–Kier alpha value is -1.90. The van der Waals surface area contributed by atoms with E-state index >= 15 is 0 Å². The maximum Gasteiger partial charge on any atom is 0.129 e. The number of rotatable bonds is 2. The van der Waals surface area contributed by atoms with Crippen LogP contribution in [0.2, 0.25) is 5.02 Å². The van der Waals surface area contributed by atoms with Crippen molar-refractivity contribution in [2.45, 2.75) is 6.10 Å². The van der Waals surface area contributed by atoms with E-state index < -0.39 is 11.9 Å². The first kappa shape index (κ1) is 13.1. The Labute approximate surface area is 121 Å². The maximum absolute atomic E-state index is 13.8. The number of aliphatic hydroxyl groups is 1. The van der Waals surface area contributed by atoms with Crippen molar-refractivity contribution < 1.29 is 9.50 Å². The minimum absolute atomic E-state index is 0.188. The standard InChI is InChI=1S/C17H12ClFO/c18-14-7-8-16(19)15(10-14)17(20)13-6-5-11-3-1-2-4-12(11)9-13/h1-10,17,20H. The molecule has 0 saturated heterocycles. The molecule has 0 fully saturated rings. The van der Waals surface area contributed by atoms with Crippen molar-refractivity contribution >= 4 is 22.4 Å². The Bertz CT molecular complexity index is 770. The van der Waals surface area contributed by atoms with Crippen LogP contribution in [0.15, 0.2) is 60.7 Å². The van der Waals surface area contributed by atoms with Gasteiger partial charge in [-0.25, -0.2) is 4.39 Å². The average molecular weight is 287 g/mol. The summed E-state index contributed by atoms with van der Waals surface area (Å²) in [6, 6.07) is 17.6. The van der Waals surface area contributed by atoms with Gasteiger partial charge in [-0.15, -0.1) is 0 Å². The van der Waals surface area contributed by atoms with Crippen LogP contribution in [0.25, 0.3) is 10.8 Å². The second-order valence-electron chi connectivity index (χ2n) is 4.67. The number of fused-ring (bicyclic) bond motifs is 1. The van der Waals surface area contributed by atoms with Crippen molar-refractivity contribution in [3.05, 3.63) is 82.6 Å². The zero-order valence-electron chi connectivity index (χ0n) is 10.6. The molecule has 20 heavy (non-hydrogen) atoms. The van der Waals surface area contributed by atoms with Gasteiger partial charge in [0, 0.05) is 10.6 Å². The Balaban J connectivity index is 2.07. The normalized spacial score (nSPS) is 12.6. The highest BCUT2D eigenvalue weighted by Crippen LogP contribution is 2.28. The van der Waals surface area contributed by atoms with E-state index in [4.69, 9.17) is 11.6 Å². The fourth-order valence-corrected chi connectivity index (χ4v) is 2.46. The van der Waals surface area contributed by atoms with E-state index in [9.17, 15) is 9.50 Å². The molecule has 0 saturated carbocycles. The highest BCUT2D eigenvalue weighted by molar-refractivity contribution is 6.30. The SMILES string of the molecule is OC(c1ccc2ccccc2c1)c1cc(Cl)ccc1F. The molecule has 0 heterocycles. The summed E-state index contributed by atoms with van der Waals surface area (Å²) in [5.41, 5.74) is 0.831. The van der Waals surface area contributed by atoms with Crippen molar-refractivity contribution in [1.29, 1.82) is 0 Å². The predicted molar refractivity (Wildman–Crippen MR) is 79.4 cm³/mol. The van der Waals surface area contributed by atoms with Gasteiger partial charge in [-0.2, -0.15) is 0 Å². The topological polar surface area (TPSA) is 20.2 Å². The minimum Gasteiger partial charge on any atom is -0.384 e. The van der Waals surface area contributed by atoms with Gasteiger partial charge >= 0.3 is 0 Å². The molecule has 1 nitrogen and oxygen atoms in total. The predicted octanol–water partition coefficient (Wildman–Crippen LogP) is 4.71. The molecule has 3 rings (SSSR count). The Kier molecular flexibility index (Phi) is 3.43. The molecule has 0 aliphatic carbocycles. The Morgan fingerprint density at radius 1 is 0.900 bits per heavy atom. The van der Waals surface area contributed by atoms with Crippen molar-refractivity contribution in [1.82, 2.24) is 0 Å². The van der Waals surface area contributed by atoms with E-state index in [0.717, 1.165) is 10.8 Å². The third-order valence-electron chi connectivity index (χ3n) is 3.34. The van der Waals surface area contributed by atoms with E-state index in [2.05, 4.69) is 0 Å². The zero-order valence-corrected chi connectivity index (χ0v) is 11.3. The van der Waals surface area contributed by atoms with E-state index in [1.54, 1.807) is 6.07 Å². The summed E-state index contributed by atoms with van der Waals surface area (Å²) in [6.45, 7) is 0. The lowest BCUT2D eigenvalue weighted by molar-refractivity contribution is 0.215. The summed E-state index contributed by atoms with van der Waals surface area (Å²) in [7, 11) is 0. The fraction of sp³-hybridized carbons (Fsp3) is 0.0588. The minimum atomic E-state index is -1.03. The molecular weight excluding hydrogens is 275 g/mol. The molecule has 0 aliphatic rings. The third-order valence-corrected chi connectivity index (χ3v) is 3.58. The first-order valence-corrected chi connectivity index (χ1v) is 6.64. The van der Waals surface area contributed by atoms with Gasteiger partial charge in [0.05, 0.1) is 0 Å². The number of hydrogen-bond acceptors (Lipinski definition) is 1. The van der Waals surface area contributed by atoms with Crippen LogP contribution >= 0.6 is 11.6 Å². The monoisotopic (exact) mass is 286 g/mol. The van der Waals surface area contributed by atoms with Crippen LogP contribution in [0.1, 0.15) is 17.2 Å². The second-order valence-corrected chi connectivity index (χ2v) is 5.11. The van der Waals surface area contributed by atoms with Gasteiger partial charge in [-0.1, -0.05) is 48.0 Å². The molecular formula is C17H12ClFO. The van der Waals surface area contributed by atoms with Crippen molar-refractivity contribution in [3.8, 4) is 0 Å². The van der Waals surface area contributed by atoms with Gasteiger partial charge in [0.2, 0.25) is 0 Å². The lowest BCUT2D eigenvalue weighted by atomic mass is 9.98. The lowest BCUT2D eigenvalue weighted by Crippen LogP contribution is -2.02. The molecule has 0 aliphatic heterocycles. The van der Waals surface area contributed by atoms with Gasteiger partial charge in [0.1, 0.15) is 11.9 Å². The van der Waals surface area contributed by atoms with Gasteiger partial charge in [-0.05, 0) is 40.6 Å². The Morgan fingerprint density at radius 2 is 1.65 bits per heavy atom. The van der Waals surface area contributed by atoms with E-state index in [1.807, 2.05) is 36.4 Å². The van der Waals surface area contributed by atoms with Crippen molar-refractivity contribution in [2.24, 2.45) is 0 Å². The molecule has 0 amide bonds. The van der Waals surface area contributed by atoms with Crippen LogP contribution in [-0.4, -0.2) is 5.11 Å². The first-order valence-electron chi connectivity index (χ1n) is 6.27. The van der Waals surface area contributed by atoms with Crippen LogP contribution in [0.4, 0.5) is 4.39 Å². The molecule has 0 spiro atoms. The number of benzene rings is 3. The van der Waals surface area contributed by atoms with E-state index in [1.165, 1.54) is 18.2 Å². The third kappa shape index (κ3) is 2.40. The van der Waals surface area contributed by atoms with Crippen LogP contribution in [-0.2, 0) is 0 Å². The molecule has 0 bridgehead atoms. The first-order chi connectivity index (χ1) is 9.65. The highest BCUT2D eigenvalue weighted by Gasteiger charge is 2.15. The van der Waals surface area contributed by atoms with Crippen LogP contribution in [0, 0.1) is 5.82 Å². The molecule has 3 heteroatoms. The summed E-state index contributed by atoms with van der Waals surface area (Å²) in [5.74, 6) is -0.463. The van der Waals surface area contributed by atoms with Crippen LogP contribution < -0.4 is 0 Å². The largest absolute Gasteiger partial charge is 0.384 e. The molecule has 3 aromatic rings. The fourth-order valence-electron chi connectivity index (χ4n) is 2.28. The van der Waals surface area contributed by atoms with E-state index in [0.29, 0.717) is 10.6 Å². The molecule has 3 aromatic carbocycles. The van der Waals surface area contributed by atoms with Gasteiger partial charge in [-0.3, -0.25) is 0 Å².